The van der Waals surface area contributed by atoms with E-state index in [4.69, 9.17) is 16.3 Å². The predicted molar refractivity (Wildman–Crippen MR) is 94.2 cm³/mol. The Hall–Kier alpha value is -1.26. The number of hydrogen-bond acceptors (Lipinski definition) is 3. The molecule has 1 aliphatic rings. The highest BCUT2D eigenvalue weighted by molar-refractivity contribution is 6.30. The molecule has 2 rings (SSSR count). The monoisotopic (exact) mass is 338 g/mol. The molecule has 128 valence electrons. The van der Waals surface area contributed by atoms with E-state index in [1.165, 1.54) is 25.9 Å². The van der Waals surface area contributed by atoms with Crippen LogP contribution in [0, 0.1) is 6.92 Å². The fourth-order valence-electron chi connectivity index (χ4n) is 2.79. The van der Waals surface area contributed by atoms with Crippen LogP contribution in [0.1, 0.15) is 31.2 Å². The van der Waals surface area contributed by atoms with E-state index in [-0.39, 0.29) is 5.91 Å². The average Bonchev–Trinajstić information content (AvgIpc) is 3.04. The summed E-state index contributed by atoms with van der Waals surface area (Å²) in [4.78, 5) is 16.4. The second kappa shape index (κ2) is 9.14. The highest BCUT2D eigenvalue weighted by atomic mass is 35.5. The lowest BCUT2D eigenvalue weighted by Gasteiger charge is -2.21. The molecule has 0 aromatic heterocycles. The van der Waals surface area contributed by atoms with E-state index in [2.05, 4.69) is 4.90 Å². The Kier molecular flexibility index (Phi) is 7.18. The zero-order chi connectivity index (χ0) is 16.7. The van der Waals surface area contributed by atoms with Crippen LogP contribution in [0.3, 0.4) is 0 Å². The maximum absolute atomic E-state index is 12.1. The van der Waals surface area contributed by atoms with Gasteiger partial charge in [-0.25, -0.2) is 0 Å². The van der Waals surface area contributed by atoms with Crippen molar-refractivity contribution < 1.29 is 9.53 Å². The number of hydrogen-bond donors (Lipinski definition) is 0. The van der Waals surface area contributed by atoms with Crippen LogP contribution < -0.4 is 4.74 Å². The summed E-state index contributed by atoms with van der Waals surface area (Å²) in [6, 6.07) is 5.58. The Morgan fingerprint density at radius 3 is 2.78 bits per heavy atom. The first-order valence-electron chi connectivity index (χ1n) is 8.41. The molecule has 1 aromatic carbocycles. The summed E-state index contributed by atoms with van der Waals surface area (Å²) >= 11 is 5.92. The van der Waals surface area contributed by atoms with Crippen LogP contribution in [-0.2, 0) is 4.79 Å². The van der Waals surface area contributed by atoms with E-state index in [0.29, 0.717) is 18.1 Å². The van der Waals surface area contributed by atoms with Crippen molar-refractivity contribution in [3.05, 3.63) is 28.8 Å². The Morgan fingerprint density at radius 2 is 2.09 bits per heavy atom. The van der Waals surface area contributed by atoms with Gasteiger partial charge in [0.2, 0.25) is 5.91 Å². The normalized spacial score (nSPS) is 14.9. The molecule has 5 heteroatoms. The summed E-state index contributed by atoms with van der Waals surface area (Å²) in [6.45, 7) is 6.68. The van der Waals surface area contributed by atoms with Crippen molar-refractivity contribution in [3.8, 4) is 5.75 Å². The standard InChI is InChI=1S/C18H27ClN2O2/c1-15-14-16(19)7-8-17(15)23-13-5-6-18(22)20(2)11-12-21-9-3-4-10-21/h7-8,14H,3-6,9-13H2,1-2H3. The summed E-state index contributed by atoms with van der Waals surface area (Å²) in [7, 11) is 1.89. The first-order chi connectivity index (χ1) is 11.1. The van der Waals surface area contributed by atoms with Gasteiger partial charge in [0, 0.05) is 31.6 Å². The van der Waals surface area contributed by atoms with Gasteiger partial charge in [-0.1, -0.05) is 11.6 Å². The SMILES string of the molecule is Cc1cc(Cl)ccc1OCCCC(=O)N(C)CCN1CCCC1. The van der Waals surface area contributed by atoms with Gasteiger partial charge in [-0.3, -0.25) is 4.79 Å². The second-order valence-corrected chi connectivity index (χ2v) is 6.66. The highest BCUT2D eigenvalue weighted by Gasteiger charge is 2.14. The van der Waals surface area contributed by atoms with Gasteiger partial charge in [0.1, 0.15) is 5.75 Å². The van der Waals surface area contributed by atoms with Crippen LogP contribution in [0.25, 0.3) is 0 Å². The summed E-state index contributed by atoms with van der Waals surface area (Å²) in [5.41, 5.74) is 1.02. The molecular formula is C18H27ClN2O2. The van der Waals surface area contributed by atoms with Gasteiger partial charge in [-0.15, -0.1) is 0 Å². The third kappa shape index (κ3) is 6.04. The molecule has 1 heterocycles. The maximum Gasteiger partial charge on any atom is 0.222 e. The number of aryl methyl sites for hydroxylation is 1. The minimum absolute atomic E-state index is 0.195. The van der Waals surface area contributed by atoms with Crippen molar-refractivity contribution in [1.82, 2.24) is 9.80 Å². The van der Waals surface area contributed by atoms with Gasteiger partial charge >= 0.3 is 0 Å². The van der Waals surface area contributed by atoms with Crippen LogP contribution in [0.5, 0.6) is 5.75 Å². The van der Waals surface area contributed by atoms with Crippen molar-refractivity contribution in [1.29, 1.82) is 0 Å². The van der Waals surface area contributed by atoms with Gasteiger partial charge in [0.05, 0.1) is 6.61 Å². The molecule has 0 aliphatic carbocycles. The molecule has 1 aromatic rings. The zero-order valence-corrected chi connectivity index (χ0v) is 14.9. The third-order valence-electron chi connectivity index (χ3n) is 4.31. The predicted octanol–water partition coefficient (Wildman–Crippen LogP) is 3.36. The lowest BCUT2D eigenvalue weighted by molar-refractivity contribution is -0.130. The van der Waals surface area contributed by atoms with Crippen molar-refractivity contribution in [2.45, 2.75) is 32.6 Å². The number of amides is 1. The molecule has 0 saturated carbocycles. The number of nitrogens with zero attached hydrogens (tertiary/aromatic N) is 2. The summed E-state index contributed by atoms with van der Waals surface area (Å²) in [5, 5.41) is 0.713. The molecule has 1 amide bonds. The Labute approximate surface area is 144 Å². The number of carbonyl (C=O) groups excluding carboxylic acids is 1. The average molecular weight is 339 g/mol. The fourth-order valence-corrected chi connectivity index (χ4v) is 3.02. The van der Waals surface area contributed by atoms with Crippen molar-refractivity contribution in [2.75, 3.05) is 39.8 Å². The van der Waals surface area contributed by atoms with Gasteiger partial charge in [-0.05, 0) is 63.0 Å². The smallest absolute Gasteiger partial charge is 0.222 e. The van der Waals surface area contributed by atoms with Crippen LogP contribution >= 0.6 is 11.6 Å². The van der Waals surface area contributed by atoms with E-state index < -0.39 is 0 Å². The molecule has 0 N–H and O–H groups in total. The Balaban J connectivity index is 1.61. The molecule has 0 spiro atoms. The van der Waals surface area contributed by atoms with Gasteiger partial charge in [0.25, 0.3) is 0 Å². The zero-order valence-electron chi connectivity index (χ0n) is 14.2. The Morgan fingerprint density at radius 1 is 1.35 bits per heavy atom. The molecule has 1 saturated heterocycles. The number of ether oxygens (including phenoxy) is 1. The second-order valence-electron chi connectivity index (χ2n) is 6.23. The van der Waals surface area contributed by atoms with E-state index in [9.17, 15) is 4.79 Å². The van der Waals surface area contributed by atoms with Crippen molar-refractivity contribution in [3.63, 3.8) is 0 Å². The topological polar surface area (TPSA) is 32.8 Å². The van der Waals surface area contributed by atoms with Gasteiger partial charge in [-0.2, -0.15) is 0 Å². The van der Waals surface area contributed by atoms with E-state index in [0.717, 1.165) is 30.8 Å². The van der Waals surface area contributed by atoms with Crippen LogP contribution in [0.2, 0.25) is 5.02 Å². The van der Waals surface area contributed by atoms with E-state index in [1.807, 2.05) is 37.1 Å². The van der Waals surface area contributed by atoms with E-state index in [1.54, 1.807) is 0 Å². The number of halogens is 1. The van der Waals surface area contributed by atoms with E-state index >= 15 is 0 Å². The Bertz CT molecular complexity index is 516. The number of likely N-dealkylation sites (tertiary alicyclic amines) is 1. The van der Waals surface area contributed by atoms with Crippen LogP contribution in [0.4, 0.5) is 0 Å². The lowest BCUT2D eigenvalue weighted by atomic mass is 10.2. The largest absolute Gasteiger partial charge is 0.493 e. The summed E-state index contributed by atoms with van der Waals surface area (Å²) < 4.78 is 5.73. The number of rotatable bonds is 8. The number of likely N-dealkylation sites (N-methyl/N-ethyl adjacent to an activating group) is 1. The molecular weight excluding hydrogens is 312 g/mol. The minimum Gasteiger partial charge on any atom is -0.493 e. The third-order valence-corrected chi connectivity index (χ3v) is 4.54. The highest BCUT2D eigenvalue weighted by Crippen LogP contribution is 2.21. The first-order valence-corrected chi connectivity index (χ1v) is 8.79. The van der Waals surface area contributed by atoms with Crippen LogP contribution in [-0.4, -0.2) is 55.5 Å². The molecule has 4 nitrogen and oxygen atoms in total. The molecule has 1 fully saturated rings. The molecule has 23 heavy (non-hydrogen) atoms. The summed E-state index contributed by atoms with van der Waals surface area (Å²) in [5.74, 6) is 1.03. The maximum atomic E-state index is 12.1. The minimum atomic E-state index is 0.195. The van der Waals surface area contributed by atoms with Crippen LogP contribution in [0.15, 0.2) is 18.2 Å². The molecule has 0 bridgehead atoms. The quantitative estimate of drug-likeness (QED) is 0.681. The first kappa shape index (κ1) is 18.1. The summed E-state index contributed by atoms with van der Waals surface area (Å²) in [6.07, 6.45) is 3.84. The lowest BCUT2D eigenvalue weighted by Crippen LogP contribution is -2.35. The molecule has 0 unspecified atom stereocenters. The molecule has 1 aliphatic heterocycles. The molecule has 0 radical (unpaired) electrons. The van der Waals surface area contributed by atoms with Crippen molar-refractivity contribution in [2.24, 2.45) is 0 Å². The van der Waals surface area contributed by atoms with Crippen molar-refractivity contribution >= 4 is 17.5 Å². The van der Waals surface area contributed by atoms with Gasteiger partial charge in [0.15, 0.2) is 0 Å². The fraction of sp³-hybridized carbons (Fsp3) is 0.611. The molecule has 0 atom stereocenters. The van der Waals surface area contributed by atoms with Gasteiger partial charge < -0.3 is 14.5 Å². The number of carbonyl (C=O) groups is 1. The number of benzene rings is 1.